The largest absolute Gasteiger partial charge is 0.355 e. The van der Waals surface area contributed by atoms with Gasteiger partial charge in [-0.15, -0.1) is 0 Å². The fraction of sp³-hybridized carbons (Fsp3) is 0.467. The maximum atomic E-state index is 5.20. The Kier molecular flexibility index (Phi) is 4.92. The minimum atomic E-state index is -0.0115. The second kappa shape index (κ2) is 7.31. The average molecular weight is 455 g/mol. The lowest BCUT2D eigenvalue weighted by atomic mass is 9.86. The van der Waals surface area contributed by atoms with Crippen molar-refractivity contribution in [2.75, 3.05) is 0 Å². The van der Waals surface area contributed by atoms with Crippen LogP contribution in [0.15, 0.2) is 12.1 Å². The second-order valence-electron chi connectivity index (χ2n) is 11.9. The van der Waals surface area contributed by atoms with Gasteiger partial charge < -0.3 is 9.97 Å². The Balaban J connectivity index is 2.01. The molecule has 0 aromatic carbocycles. The number of H-pyrrole nitrogens is 2. The van der Waals surface area contributed by atoms with Crippen LogP contribution in [0.2, 0.25) is 0 Å². The minimum Gasteiger partial charge on any atom is -0.355 e. The van der Waals surface area contributed by atoms with E-state index in [1.807, 2.05) is 0 Å². The number of nitrogens with zero attached hydrogens (tertiary/aromatic N) is 2. The van der Waals surface area contributed by atoms with Crippen LogP contribution in [-0.4, -0.2) is 19.9 Å². The molecule has 0 spiro atoms. The number of hydrogen-bond donors (Lipinski definition) is 2. The molecule has 3 aromatic rings. The lowest BCUT2D eigenvalue weighted by molar-refractivity contribution is 0.542. The first-order valence-electron chi connectivity index (χ1n) is 12.5. The molecule has 2 N–H and O–H groups in total. The van der Waals surface area contributed by atoms with E-state index in [4.69, 9.17) is 9.97 Å². The van der Waals surface area contributed by atoms with Crippen molar-refractivity contribution < 1.29 is 0 Å². The number of aromatic amines is 2. The van der Waals surface area contributed by atoms with Gasteiger partial charge in [-0.2, -0.15) is 0 Å². The minimum absolute atomic E-state index is 0.0115. The molecule has 0 saturated heterocycles. The van der Waals surface area contributed by atoms with Gasteiger partial charge in [0, 0.05) is 68.5 Å². The van der Waals surface area contributed by atoms with Crippen LogP contribution in [0, 0.1) is 41.5 Å². The molecule has 2 aliphatic rings. The summed E-state index contributed by atoms with van der Waals surface area (Å²) in [5, 5.41) is 0. The summed E-state index contributed by atoms with van der Waals surface area (Å²) in [4.78, 5) is 17.9. The zero-order valence-electron chi connectivity index (χ0n) is 22.5. The number of fused-ring (bicyclic) bond motifs is 8. The van der Waals surface area contributed by atoms with Gasteiger partial charge in [-0.25, -0.2) is 0 Å². The number of rotatable bonds is 0. The molecule has 4 heteroatoms. The van der Waals surface area contributed by atoms with Gasteiger partial charge in [-0.3, -0.25) is 9.97 Å². The van der Waals surface area contributed by atoms with Gasteiger partial charge in [-0.05, 0) is 87.1 Å². The molecule has 0 aliphatic carbocycles. The van der Waals surface area contributed by atoms with Crippen LogP contribution in [0.4, 0.5) is 0 Å². The highest BCUT2D eigenvalue weighted by molar-refractivity contribution is 5.76. The topological polar surface area (TPSA) is 57.4 Å². The zero-order chi connectivity index (χ0) is 24.7. The Bertz CT molecular complexity index is 1390. The van der Waals surface area contributed by atoms with Gasteiger partial charge in [-0.1, -0.05) is 27.7 Å². The molecule has 0 unspecified atom stereocenters. The number of hydrogen-bond acceptors (Lipinski definition) is 2. The molecule has 0 atom stereocenters. The Morgan fingerprint density at radius 2 is 0.912 bits per heavy atom. The lowest BCUT2D eigenvalue weighted by Crippen LogP contribution is -2.15. The van der Waals surface area contributed by atoms with Gasteiger partial charge in [0.2, 0.25) is 0 Å². The summed E-state index contributed by atoms with van der Waals surface area (Å²) >= 11 is 0. The van der Waals surface area contributed by atoms with E-state index in [-0.39, 0.29) is 10.8 Å². The van der Waals surface area contributed by atoms with Crippen molar-refractivity contribution in [2.45, 2.75) is 92.9 Å². The smallest absolute Gasteiger partial charge is 0.0487 e. The van der Waals surface area contributed by atoms with Crippen molar-refractivity contribution in [2.24, 2.45) is 0 Å². The van der Waals surface area contributed by atoms with Crippen LogP contribution in [-0.2, 0) is 23.7 Å². The standard InChI is InChI=1S/C30H38N4/c1-15-17(3)27-19(5)23-13-30(9,10)26(32-23)12-22-16(2)18(4)28(34-22)20(6)24-14-29(7,8)25(31-24)11-21(15)33-27/h11-12,33-34H,13-14H2,1-10H3. The van der Waals surface area contributed by atoms with E-state index >= 15 is 0 Å². The van der Waals surface area contributed by atoms with E-state index in [1.54, 1.807) is 0 Å². The lowest BCUT2D eigenvalue weighted by Gasteiger charge is -2.16. The Labute approximate surface area is 203 Å². The second-order valence-corrected chi connectivity index (χ2v) is 11.9. The van der Waals surface area contributed by atoms with E-state index in [2.05, 4.69) is 91.3 Å². The molecule has 4 nitrogen and oxygen atoms in total. The Morgan fingerprint density at radius 3 is 1.26 bits per heavy atom. The third-order valence-electron chi connectivity index (χ3n) is 8.50. The molecule has 0 saturated carbocycles. The summed E-state index contributed by atoms with van der Waals surface area (Å²) in [6.07, 6.45) is 1.88. The quantitative estimate of drug-likeness (QED) is 0.377. The highest BCUT2D eigenvalue weighted by Crippen LogP contribution is 2.37. The zero-order valence-corrected chi connectivity index (χ0v) is 22.5. The molecule has 178 valence electrons. The van der Waals surface area contributed by atoms with Crippen LogP contribution >= 0.6 is 0 Å². The summed E-state index contributed by atoms with van der Waals surface area (Å²) in [5.74, 6) is 0. The van der Waals surface area contributed by atoms with Crippen molar-refractivity contribution in [1.82, 2.24) is 19.9 Å². The van der Waals surface area contributed by atoms with E-state index in [0.29, 0.717) is 0 Å². The van der Waals surface area contributed by atoms with Crippen molar-refractivity contribution in [1.29, 1.82) is 0 Å². The van der Waals surface area contributed by atoms with Crippen molar-refractivity contribution >= 4 is 22.1 Å². The van der Waals surface area contributed by atoms with Crippen LogP contribution in [0.1, 0.15) is 83.9 Å². The molecule has 0 amide bonds. The summed E-state index contributed by atoms with van der Waals surface area (Å²) in [6.45, 7) is 22.5. The maximum absolute atomic E-state index is 5.20. The monoisotopic (exact) mass is 454 g/mol. The van der Waals surface area contributed by atoms with Crippen LogP contribution in [0.25, 0.3) is 22.1 Å². The molecule has 3 aromatic heterocycles. The number of aryl methyl sites for hydroxylation is 6. The van der Waals surface area contributed by atoms with Crippen molar-refractivity contribution in [3.8, 4) is 0 Å². The Morgan fingerprint density at radius 1 is 0.559 bits per heavy atom. The molecule has 5 heterocycles. The third-order valence-corrected chi connectivity index (χ3v) is 8.50. The van der Waals surface area contributed by atoms with E-state index in [9.17, 15) is 0 Å². The van der Waals surface area contributed by atoms with E-state index in [0.717, 1.165) is 35.3 Å². The summed E-state index contributed by atoms with van der Waals surface area (Å²) in [5.41, 5.74) is 17.0. The van der Waals surface area contributed by atoms with Gasteiger partial charge in [0.1, 0.15) is 0 Å². The average Bonchev–Trinajstić information content (AvgIpc) is 3.42. The van der Waals surface area contributed by atoms with E-state index in [1.165, 1.54) is 55.8 Å². The van der Waals surface area contributed by atoms with Crippen LogP contribution in [0.5, 0.6) is 0 Å². The van der Waals surface area contributed by atoms with Gasteiger partial charge >= 0.3 is 0 Å². The SMILES string of the molecule is Cc1c(C)c2[nH]c1cc1nc(c(C)c3[nH]c(cc4nc(c2C)CC4(C)C)c(C)c3C)CC1(C)C. The number of aromatic nitrogens is 4. The molecule has 0 radical (unpaired) electrons. The molecular weight excluding hydrogens is 416 g/mol. The predicted molar refractivity (Wildman–Crippen MR) is 143 cm³/mol. The van der Waals surface area contributed by atoms with Gasteiger partial charge in [0.25, 0.3) is 0 Å². The number of nitrogens with one attached hydrogen (secondary N) is 2. The van der Waals surface area contributed by atoms with Crippen LogP contribution < -0.4 is 0 Å². The summed E-state index contributed by atoms with van der Waals surface area (Å²) < 4.78 is 0. The van der Waals surface area contributed by atoms with Crippen molar-refractivity contribution in [3.05, 3.63) is 68.3 Å². The molecule has 34 heavy (non-hydrogen) atoms. The van der Waals surface area contributed by atoms with Crippen LogP contribution in [0.3, 0.4) is 0 Å². The maximum Gasteiger partial charge on any atom is 0.0487 e. The summed E-state index contributed by atoms with van der Waals surface area (Å²) in [7, 11) is 0. The first-order valence-corrected chi connectivity index (χ1v) is 12.5. The molecule has 8 bridgehead atoms. The fourth-order valence-electron chi connectivity index (χ4n) is 5.60. The predicted octanol–water partition coefficient (Wildman–Crippen LogP) is 7.21. The van der Waals surface area contributed by atoms with Gasteiger partial charge in [0.05, 0.1) is 0 Å². The van der Waals surface area contributed by atoms with Gasteiger partial charge in [0.15, 0.2) is 0 Å². The fourth-order valence-corrected chi connectivity index (χ4v) is 5.60. The molecule has 5 rings (SSSR count). The third kappa shape index (κ3) is 3.33. The van der Waals surface area contributed by atoms with E-state index < -0.39 is 0 Å². The first-order chi connectivity index (χ1) is 15.8. The first kappa shape index (κ1) is 22.9. The molecule has 0 fully saturated rings. The molecular formula is C30H38N4. The van der Waals surface area contributed by atoms with Crippen molar-refractivity contribution in [3.63, 3.8) is 0 Å². The molecule has 2 aliphatic heterocycles. The highest BCUT2D eigenvalue weighted by Gasteiger charge is 2.31. The highest BCUT2D eigenvalue weighted by atomic mass is 14.8. The summed E-state index contributed by atoms with van der Waals surface area (Å²) in [6, 6.07) is 4.55. The Hall–Kier alpha value is -2.88. The normalized spacial score (nSPS) is 16.8.